The van der Waals surface area contributed by atoms with Crippen LogP contribution in [-0.2, 0) is 10.0 Å². The van der Waals surface area contributed by atoms with E-state index in [-0.39, 0.29) is 23.9 Å². The average molecular weight is 610 g/mol. The minimum Gasteiger partial charge on any atom is -0.369 e. The predicted octanol–water partition coefficient (Wildman–Crippen LogP) is 5.71. The Balaban J connectivity index is 1.46. The first kappa shape index (κ1) is 29.5. The number of rotatable bonds is 6. The van der Waals surface area contributed by atoms with Gasteiger partial charge in [-0.3, -0.25) is 5.01 Å². The smallest absolute Gasteiger partial charge is 0.369 e. The zero-order valence-electron chi connectivity index (χ0n) is 21.1. The molecule has 0 amide bonds. The number of nitrogens with zero attached hydrogens (tertiary/aromatic N) is 3. The Bertz CT molecular complexity index is 1490. The van der Waals surface area contributed by atoms with Crippen LogP contribution in [0.2, 0.25) is 0 Å². The molecule has 2 aromatic carbocycles. The highest BCUT2D eigenvalue weighted by molar-refractivity contribution is 7.90. The fourth-order valence-electron chi connectivity index (χ4n) is 5.01. The van der Waals surface area contributed by atoms with Crippen molar-refractivity contribution < 1.29 is 48.6 Å². The SMILES string of the molecule is O=S(=O)(C1CC1)N1CC=C(c2ccc(C3CC(C(O)(C(F)(F)F)C(F)(F)F)=NN3c3ccc(F)cc3F)cc2)CC1. The number of aliphatic hydroxyl groups is 1. The van der Waals surface area contributed by atoms with E-state index >= 15 is 0 Å². The molecule has 2 heterocycles. The van der Waals surface area contributed by atoms with E-state index in [0.29, 0.717) is 35.9 Å². The molecule has 0 bridgehead atoms. The minimum atomic E-state index is -6.19. The molecule has 1 atom stereocenters. The molecule has 0 saturated heterocycles. The zero-order chi connectivity index (χ0) is 30.0. The summed E-state index contributed by atoms with van der Waals surface area (Å²) in [4.78, 5) is 0. The molecule has 1 saturated carbocycles. The van der Waals surface area contributed by atoms with Gasteiger partial charge in [-0.15, -0.1) is 0 Å². The van der Waals surface area contributed by atoms with Crippen molar-refractivity contribution in [3.05, 3.63) is 71.3 Å². The van der Waals surface area contributed by atoms with E-state index in [2.05, 4.69) is 5.10 Å². The van der Waals surface area contributed by atoms with Crippen molar-refractivity contribution in [1.29, 1.82) is 0 Å². The molecule has 1 fully saturated rings. The second kappa shape index (κ2) is 10.1. The van der Waals surface area contributed by atoms with Gasteiger partial charge in [-0.2, -0.15) is 35.7 Å². The molecule has 15 heteroatoms. The predicted molar refractivity (Wildman–Crippen MR) is 133 cm³/mol. The Morgan fingerprint density at radius 2 is 1.56 bits per heavy atom. The quantitative estimate of drug-likeness (QED) is 0.426. The van der Waals surface area contributed by atoms with Gasteiger partial charge < -0.3 is 5.11 Å². The summed E-state index contributed by atoms with van der Waals surface area (Å²) in [6, 6.07) is 6.55. The number of benzene rings is 2. The lowest BCUT2D eigenvalue weighted by atomic mass is 9.89. The molecule has 2 aliphatic heterocycles. The summed E-state index contributed by atoms with van der Waals surface area (Å²) in [6.07, 6.45) is -10.1. The summed E-state index contributed by atoms with van der Waals surface area (Å²) in [7, 11) is -3.35. The van der Waals surface area contributed by atoms with E-state index in [1.807, 2.05) is 0 Å². The summed E-state index contributed by atoms with van der Waals surface area (Å²) in [5.74, 6) is -2.31. The van der Waals surface area contributed by atoms with Gasteiger partial charge in [0.15, 0.2) is 5.82 Å². The van der Waals surface area contributed by atoms with Gasteiger partial charge in [0.25, 0.3) is 5.60 Å². The second-order valence-electron chi connectivity index (χ2n) is 10.1. The van der Waals surface area contributed by atoms with Crippen LogP contribution in [0.5, 0.6) is 0 Å². The second-order valence-corrected chi connectivity index (χ2v) is 12.3. The number of halogens is 8. The lowest BCUT2D eigenvalue weighted by molar-refractivity contribution is -0.338. The summed E-state index contributed by atoms with van der Waals surface area (Å²) in [5.41, 5.74) is -5.98. The largest absolute Gasteiger partial charge is 0.431 e. The van der Waals surface area contributed by atoms with Crippen molar-refractivity contribution in [2.24, 2.45) is 5.10 Å². The molecule has 1 N–H and O–H groups in total. The first-order chi connectivity index (χ1) is 19.0. The standard InChI is InChI=1S/C26H23F8N3O3S/c27-18-5-8-21(20(28)13-18)37-22(14-23(35-37)24(38,25(29,30)31)26(32,33)34)17-3-1-15(2-4-17)16-9-11-36(12-10-16)41(39,40)19-6-7-19/h1-5,8-9,13,19,22,38H,6-7,10-12,14H2. The highest BCUT2D eigenvalue weighted by Gasteiger charge is 2.74. The summed E-state index contributed by atoms with van der Waals surface area (Å²) in [6.45, 7) is 0.429. The Labute approximate surface area is 229 Å². The zero-order valence-corrected chi connectivity index (χ0v) is 21.9. The van der Waals surface area contributed by atoms with Crippen LogP contribution in [0, 0.1) is 11.6 Å². The summed E-state index contributed by atoms with van der Waals surface area (Å²) >= 11 is 0. The first-order valence-corrected chi connectivity index (χ1v) is 14.0. The Kier molecular flexibility index (Phi) is 7.22. The van der Waals surface area contributed by atoms with Gasteiger partial charge in [0, 0.05) is 25.6 Å². The van der Waals surface area contributed by atoms with Crippen LogP contribution in [0.25, 0.3) is 5.57 Å². The number of hydrogen-bond donors (Lipinski definition) is 1. The fraction of sp³-hybridized carbons (Fsp3) is 0.423. The van der Waals surface area contributed by atoms with Crippen molar-refractivity contribution in [2.75, 3.05) is 18.1 Å². The van der Waals surface area contributed by atoms with E-state index in [1.165, 1.54) is 16.4 Å². The maximum Gasteiger partial charge on any atom is 0.431 e. The molecule has 41 heavy (non-hydrogen) atoms. The van der Waals surface area contributed by atoms with Gasteiger partial charge in [-0.25, -0.2) is 17.2 Å². The highest BCUT2D eigenvalue weighted by Crippen LogP contribution is 2.49. The Morgan fingerprint density at radius 3 is 2.07 bits per heavy atom. The van der Waals surface area contributed by atoms with Crippen molar-refractivity contribution in [2.45, 2.75) is 54.9 Å². The third-order valence-electron chi connectivity index (χ3n) is 7.45. The average Bonchev–Trinajstić information content (AvgIpc) is 3.67. The van der Waals surface area contributed by atoms with Crippen molar-refractivity contribution in [3.8, 4) is 0 Å². The molecule has 5 rings (SSSR count). The number of hydrogen-bond acceptors (Lipinski definition) is 5. The van der Waals surface area contributed by atoms with Crippen LogP contribution in [0.15, 0.2) is 53.6 Å². The van der Waals surface area contributed by atoms with Gasteiger partial charge in [0.1, 0.15) is 5.82 Å². The number of sulfonamides is 1. The van der Waals surface area contributed by atoms with Gasteiger partial charge in [-0.05, 0) is 48.1 Å². The third kappa shape index (κ3) is 5.23. The van der Waals surface area contributed by atoms with Crippen molar-refractivity contribution in [3.63, 3.8) is 0 Å². The molecule has 0 aromatic heterocycles. The van der Waals surface area contributed by atoms with Crippen LogP contribution < -0.4 is 5.01 Å². The summed E-state index contributed by atoms with van der Waals surface area (Å²) < 4.78 is 136. The van der Waals surface area contributed by atoms with Crippen LogP contribution in [0.4, 0.5) is 40.8 Å². The van der Waals surface area contributed by atoms with Gasteiger partial charge >= 0.3 is 12.4 Å². The molecule has 0 radical (unpaired) electrons. The molecule has 222 valence electrons. The molecule has 2 aromatic rings. The van der Waals surface area contributed by atoms with E-state index in [1.54, 1.807) is 18.2 Å². The van der Waals surface area contributed by atoms with Crippen molar-refractivity contribution >= 4 is 27.0 Å². The van der Waals surface area contributed by atoms with Gasteiger partial charge in [0.2, 0.25) is 10.0 Å². The van der Waals surface area contributed by atoms with Crippen LogP contribution >= 0.6 is 0 Å². The van der Waals surface area contributed by atoms with Crippen LogP contribution in [0.1, 0.15) is 42.9 Å². The summed E-state index contributed by atoms with van der Waals surface area (Å²) in [5, 5.41) is 13.6. The lowest BCUT2D eigenvalue weighted by Crippen LogP contribution is -2.62. The van der Waals surface area contributed by atoms with E-state index < -0.39 is 63.5 Å². The first-order valence-electron chi connectivity index (χ1n) is 12.5. The van der Waals surface area contributed by atoms with E-state index in [0.717, 1.165) is 17.7 Å². The van der Waals surface area contributed by atoms with Crippen LogP contribution in [0.3, 0.4) is 0 Å². The van der Waals surface area contributed by atoms with E-state index in [4.69, 9.17) is 0 Å². The topological polar surface area (TPSA) is 73.2 Å². The number of anilines is 1. The third-order valence-corrected chi connectivity index (χ3v) is 9.81. The van der Waals surface area contributed by atoms with Crippen molar-refractivity contribution in [1.82, 2.24) is 4.31 Å². The molecular weight excluding hydrogens is 586 g/mol. The molecule has 6 nitrogen and oxygen atoms in total. The number of alkyl halides is 6. The fourth-order valence-corrected chi connectivity index (χ4v) is 6.79. The maximum absolute atomic E-state index is 14.6. The molecule has 3 aliphatic rings. The molecule has 1 unspecified atom stereocenters. The van der Waals surface area contributed by atoms with Gasteiger partial charge in [-0.1, -0.05) is 30.3 Å². The molecule has 0 spiro atoms. The van der Waals surface area contributed by atoms with Crippen LogP contribution in [-0.4, -0.2) is 59.8 Å². The maximum atomic E-state index is 14.6. The lowest BCUT2D eigenvalue weighted by Gasteiger charge is -2.32. The Hall–Kier alpha value is -3.04. The highest BCUT2D eigenvalue weighted by atomic mass is 32.2. The Morgan fingerprint density at radius 1 is 0.927 bits per heavy atom. The van der Waals surface area contributed by atoms with Gasteiger partial charge in [0.05, 0.1) is 22.7 Å². The minimum absolute atomic E-state index is 0.150. The monoisotopic (exact) mass is 609 g/mol. The number of hydrazone groups is 1. The normalized spacial score (nSPS) is 21.2. The molecular formula is C26H23F8N3O3S. The van der Waals surface area contributed by atoms with E-state index in [9.17, 15) is 48.6 Å². The molecule has 1 aliphatic carbocycles.